The molecule has 6 heteroatoms. The molecule has 0 amide bonds. The van der Waals surface area contributed by atoms with Crippen LogP contribution in [0, 0.1) is 41.5 Å². The molecule has 1 fully saturated rings. The maximum atomic E-state index is 6.24. The maximum absolute atomic E-state index is 6.24. The summed E-state index contributed by atoms with van der Waals surface area (Å²) in [6.45, 7) is 12.7. The van der Waals surface area contributed by atoms with Gasteiger partial charge < -0.3 is 4.74 Å². The average molecular weight is 503 g/mol. The van der Waals surface area contributed by atoms with Crippen molar-refractivity contribution in [3.63, 3.8) is 0 Å². The Morgan fingerprint density at radius 2 is 1.06 bits per heavy atom. The molecule has 0 saturated carbocycles. The topological polar surface area (TPSA) is 34.0 Å². The van der Waals surface area contributed by atoms with Crippen molar-refractivity contribution in [3.8, 4) is 0 Å². The van der Waals surface area contributed by atoms with E-state index in [0.29, 0.717) is 0 Å². The number of hydrogen-bond acceptors (Lipinski definition) is 3. The molecule has 0 bridgehead atoms. The molecule has 0 radical (unpaired) electrons. The Labute approximate surface area is 201 Å². The molecule has 1 saturated heterocycles. The second kappa shape index (κ2) is 12.8. The van der Waals surface area contributed by atoms with Crippen LogP contribution in [-0.2, 0) is 17.9 Å². The fraction of sp³-hybridized carbons (Fsp3) is 0.440. The molecule has 0 aliphatic carbocycles. The second-order valence-electron chi connectivity index (χ2n) is 8.25. The summed E-state index contributed by atoms with van der Waals surface area (Å²) in [7, 11) is 9.53. The van der Waals surface area contributed by atoms with Crippen molar-refractivity contribution in [1.82, 2.24) is 0 Å². The van der Waals surface area contributed by atoms with E-state index in [1.807, 2.05) is 12.4 Å². The molecule has 1 heterocycles. The van der Waals surface area contributed by atoms with Crippen molar-refractivity contribution in [2.24, 2.45) is 9.98 Å². The van der Waals surface area contributed by atoms with Crippen LogP contribution in [0.15, 0.2) is 34.3 Å². The van der Waals surface area contributed by atoms with E-state index in [2.05, 4.69) is 65.8 Å². The first-order valence-electron chi connectivity index (χ1n) is 10.5. The Hall–Kier alpha value is -1.16. The molecule has 1 aliphatic rings. The van der Waals surface area contributed by atoms with E-state index in [1.54, 1.807) is 0 Å². The SMILES string of the molecule is Cc1cc(C)c(N=CC2CCCC(C=Nc3c(C)cc(C)cc3C)O2)c(C)c1.[Cl][Fe][Cl]. The van der Waals surface area contributed by atoms with Crippen LogP contribution in [0.4, 0.5) is 11.4 Å². The van der Waals surface area contributed by atoms with Crippen LogP contribution in [0.3, 0.4) is 0 Å². The Balaban J connectivity index is 0.00000107. The Bertz CT molecular complexity index is 824. The normalized spacial score (nSPS) is 19.1. The van der Waals surface area contributed by atoms with Gasteiger partial charge >= 0.3 is 33.3 Å². The molecule has 2 aromatic rings. The van der Waals surface area contributed by atoms with Crippen LogP contribution in [0.2, 0.25) is 0 Å². The van der Waals surface area contributed by atoms with Gasteiger partial charge in [-0.25, -0.2) is 0 Å². The van der Waals surface area contributed by atoms with Crippen molar-refractivity contribution >= 4 is 44.0 Å². The van der Waals surface area contributed by atoms with E-state index >= 15 is 0 Å². The van der Waals surface area contributed by atoms with E-state index in [4.69, 9.17) is 34.9 Å². The Kier molecular flexibility index (Phi) is 10.7. The molecule has 2 unspecified atom stereocenters. The molecule has 2 atom stereocenters. The number of aliphatic imine (C=N–C) groups is 2. The van der Waals surface area contributed by atoms with Crippen molar-refractivity contribution in [2.75, 3.05) is 0 Å². The summed E-state index contributed by atoms with van der Waals surface area (Å²) in [6.07, 6.45) is 7.21. The zero-order valence-corrected chi connectivity index (χ0v) is 21.8. The second-order valence-corrected chi connectivity index (χ2v) is 10.1. The fourth-order valence-corrected chi connectivity index (χ4v) is 4.17. The molecule has 170 valence electrons. The Morgan fingerprint density at radius 1 is 0.742 bits per heavy atom. The van der Waals surface area contributed by atoms with Crippen LogP contribution in [-0.4, -0.2) is 24.6 Å². The third kappa shape index (κ3) is 8.04. The monoisotopic (exact) mass is 502 g/mol. The molecule has 0 aromatic heterocycles. The number of benzene rings is 2. The fourth-order valence-electron chi connectivity index (χ4n) is 4.17. The first-order chi connectivity index (χ1) is 14.7. The number of nitrogens with zero attached hydrogens (tertiary/aromatic N) is 2. The summed E-state index contributed by atoms with van der Waals surface area (Å²) in [5.41, 5.74) is 9.55. The molecule has 2 aromatic carbocycles. The van der Waals surface area contributed by atoms with E-state index in [9.17, 15) is 0 Å². The summed E-state index contributed by atoms with van der Waals surface area (Å²) < 4.78 is 6.24. The summed E-state index contributed by atoms with van der Waals surface area (Å²) in [5, 5.41) is 0. The van der Waals surface area contributed by atoms with Gasteiger partial charge in [-0.15, -0.1) is 0 Å². The minimum atomic E-state index is 0.0468. The molecule has 3 rings (SSSR count). The minimum absolute atomic E-state index is 0.0468. The Morgan fingerprint density at radius 3 is 1.39 bits per heavy atom. The molecular weight excluding hydrogens is 471 g/mol. The third-order valence-corrected chi connectivity index (χ3v) is 5.34. The molecule has 0 N–H and O–H groups in total. The number of aryl methyl sites for hydroxylation is 6. The van der Waals surface area contributed by atoms with Crippen LogP contribution in [0.25, 0.3) is 0 Å². The molecule has 31 heavy (non-hydrogen) atoms. The van der Waals surface area contributed by atoms with Gasteiger partial charge in [-0.05, 0) is 83.1 Å². The van der Waals surface area contributed by atoms with E-state index in [1.165, 1.54) is 33.4 Å². The summed E-state index contributed by atoms with van der Waals surface area (Å²) >= 11 is 0.194. The average Bonchev–Trinajstić information content (AvgIpc) is 2.67. The number of rotatable bonds is 4. The van der Waals surface area contributed by atoms with Crippen molar-refractivity contribution in [1.29, 1.82) is 0 Å². The summed E-state index contributed by atoms with van der Waals surface area (Å²) in [6, 6.07) is 8.73. The van der Waals surface area contributed by atoms with Gasteiger partial charge in [0.25, 0.3) is 0 Å². The van der Waals surface area contributed by atoms with E-state index in [-0.39, 0.29) is 25.3 Å². The number of hydrogen-bond donors (Lipinski definition) is 0. The number of halogens is 2. The van der Waals surface area contributed by atoms with E-state index < -0.39 is 0 Å². The van der Waals surface area contributed by atoms with Crippen LogP contribution in [0.5, 0.6) is 0 Å². The van der Waals surface area contributed by atoms with Gasteiger partial charge in [0.15, 0.2) is 0 Å². The molecular formula is C25H32Cl2FeN2O. The van der Waals surface area contributed by atoms with Crippen molar-refractivity contribution < 1.29 is 17.9 Å². The van der Waals surface area contributed by atoms with Gasteiger partial charge in [-0.2, -0.15) is 0 Å². The predicted octanol–water partition coefficient (Wildman–Crippen LogP) is 7.96. The zero-order valence-electron chi connectivity index (χ0n) is 19.2. The van der Waals surface area contributed by atoms with Crippen molar-refractivity contribution in [3.05, 3.63) is 57.6 Å². The molecule has 1 aliphatic heterocycles. The molecule has 3 nitrogen and oxygen atoms in total. The van der Waals surface area contributed by atoms with Gasteiger partial charge in [0.2, 0.25) is 0 Å². The van der Waals surface area contributed by atoms with Gasteiger partial charge in [0.05, 0.1) is 23.6 Å². The van der Waals surface area contributed by atoms with Crippen LogP contribution < -0.4 is 0 Å². The van der Waals surface area contributed by atoms with Crippen LogP contribution in [0.1, 0.15) is 52.6 Å². The summed E-state index contributed by atoms with van der Waals surface area (Å²) in [5.74, 6) is 0. The standard InChI is InChI=1S/C25H32N2O.2ClH.Fe/c1-16-10-18(3)24(19(4)11-16)26-14-22-8-7-9-23(28-22)15-27-25-20(5)12-17(2)13-21(25)6;;;/h10-15,22-23H,7-9H2,1-6H3;2*1H;/q;;;+2/p-2. The number of ether oxygens (including phenoxy) is 1. The van der Waals surface area contributed by atoms with Gasteiger partial charge in [-0.3, -0.25) is 9.98 Å². The predicted molar refractivity (Wildman–Crippen MR) is 132 cm³/mol. The van der Waals surface area contributed by atoms with Gasteiger partial charge in [-0.1, -0.05) is 35.4 Å². The van der Waals surface area contributed by atoms with Crippen molar-refractivity contribution in [2.45, 2.75) is 73.0 Å². The van der Waals surface area contributed by atoms with Crippen LogP contribution >= 0.6 is 20.2 Å². The first-order valence-corrected chi connectivity index (χ1v) is 13.5. The van der Waals surface area contributed by atoms with Gasteiger partial charge in [0.1, 0.15) is 0 Å². The van der Waals surface area contributed by atoms with E-state index in [0.717, 1.165) is 30.6 Å². The third-order valence-electron chi connectivity index (χ3n) is 5.34. The zero-order chi connectivity index (χ0) is 23.0. The first kappa shape index (κ1) is 26.1. The van der Waals surface area contributed by atoms with Gasteiger partial charge in [0, 0.05) is 12.4 Å². The summed E-state index contributed by atoms with van der Waals surface area (Å²) in [4.78, 5) is 9.53. The molecule has 0 spiro atoms. The quantitative estimate of drug-likeness (QED) is 0.308.